The number of aryl methyl sites for hydroxylation is 2. The summed E-state index contributed by atoms with van der Waals surface area (Å²) >= 11 is 0. The van der Waals surface area contributed by atoms with Gasteiger partial charge in [0.15, 0.2) is 0 Å². The summed E-state index contributed by atoms with van der Waals surface area (Å²) in [5, 5.41) is 14.3. The average Bonchev–Trinajstić information content (AvgIpc) is 2.68. The zero-order valence-electron chi connectivity index (χ0n) is 11.6. The molecule has 3 N–H and O–H groups in total. The Hall–Kier alpha value is -2.05. The highest BCUT2D eigenvalue weighted by molar-refractivity contribution is 5.87. The molecule has 2 rings (SSSR count). The van der Waals surface area contributed by atoms with Crippen LogP contribution in [0.4, 0.5) is 10.8 Å². The molecular weight excluding hydrogens is 262 g/mol. The van der Waals surface area contributed by atoms with E-state index >= 15 is 0 Å². The van der Waals surface area contributed by atoms with Crippen molar-refractivity contribution in [2.24, 2.45) is 5.92 Å². The van der Waals surface area contributed by atoms with E-state index in [0.717, 1.165) is 5.69 Å². The fourth-order valence-electron chi connectivity index (χ4n) is 2.33. The maximum absolute atomic E-state index is 11.8. The van der Waals surface area contributed by atoms with Crippen LogP contribution in [0.5, 0.6) is 0 Å². The monoisotopic (exact) mass is 281 g/mol. The molecule has 0 radical (unpaired) electrons. The summed E-state index contributed by atoms with van der Waals surface area (Å²) in [7, 11) is 0. The number of aromatic nitrogens is 1. The van der Waals surface area contributed by atoms with Crippen molar-refractivity contribution in [2.45, 2.75) is 45.6 Å². The van der Waals surface area contributed by atoms with Gasteiger partial charge in [-0.1, -0.05) is 0 Å². The first-order chi connectivity index (χ1) is 9.45. The number of carboxylic acid groups (broad SMARTS) is 1. The van der Waals surface area contributed by atoms with Gasteiger partial charge in [0.25, 0.3) is 0 Å². The zero-order valence-corrected chi connectivity index (χ0v) is 11.6. The van der Waals surface area contributed by atoms with Crippen molar-refractivity contribution in [3.8, 4) is 0 Å². The van der Waals surface area contributed by atoms with Gasteiger partial charge in [0.2, 0.25) is 0 Å². The van der Waals surface area contributed by atoms with Crippen molar-refractivity contribution in [2.75, 3.05) is 5.32 Å². The summed E-state index contributed by atoms with van der Waals surface area (Å²) in [5.41, 5.74) is 0.738. The van der Waals surface area contributed by atoms with Crippen molar-refractivity contribution in [1.82, 2.24) is 10.3 Å². The Morgan fingerprint density at radius 3 is 2.40 bits per heavy atom. The highest BCUT2D eigenvalue weighted by atomic mass is 16.4. The summed E-state index contributed by atoms with van der Waals surface area (Å²) in [6.07, 6.45) is 2.54. The van der Waals surface area contributed by atoms with Gasteiger partial charge in [-0.15, -0.1) is 0 Å². The van der Waals surface area contributed by atoms with E-state index in [2.05, 4.69) is 15.6 Å². The number of urea groups is 1. The Labute approximate surface area is 116 Å². The summed E-state index contributed by atoms with van der Waals surface area (Å²) in [4.78, 5) is 26.7. The van der Waals surface area contributed by atoms with Crippen LogP contribution in [0.3, 0.4) is 0 Å². The van der Waals surface area contributed by atoms with E-state index in [-0.39, 0.29) is 24.0 Å². The lowest BCUT2D eigenvalue weighted by Gasteiger charge is -2.26. The number of aliphatic carboxylic acids is 1. The van der Waals surface area contributed by atoms with E-state index in [1.165, 1.54) is 0 Å². The molecule has 20 heavy (non-hydrogen) atoms. The first-order valence-electron chi connectivity index (χ1n) is 6.70. The van der Waals surface area contributed by atoms with Gasteiger partial charge in [-0.3, -0.25) is 10.1 Å². The minimum absolute atomic E-state index is 0.00255. The highest BCUT2D eigenvalue weighted by Gasteiger charge is 2.26. The molecule has 0 aromatic carbocycles. The summed E-state index contributed by atoms with van der Waals surface area (Å²) in [6.45, 7) is 3.58. The second-order valence-electron chi connectivity index (χ2n) is 5.15. The maximum Gasteiger partial charge on any atom is 0.323 e. The number of rotatable bonds is 3. The number of hydrogen-bond acceptors (Lipinski definition) is 4. The molecule has 7 heteroatoms. The van der Waals surface area contributed by atoms with Gasteiger partial charge in [0.1, 0.15) is 5.76 Å². The van der Waals surface area contributed by atoms with Crippen LogP contribution in [-0.4, -0.2) is 28.1 Å². The number of oxazole rings is 1. The Morgan fingerprint density at radius 1 is 1.25 bits per heavy atom. The second-order valence-corrected chi connectivity index (χ2v) is 5.15. The molecule has 2 amide bonds. The topological polar surface area (TPSA) is 104 Å². The molecule has 1 aliphatic carbocycles. The van der Waals surface area contributed by atoms with Gasteiger partial charge in [0.05, 0.1) is 11.6 Å². The SMILES string of the molecule is Cc1nc(NC(=O)NC2CCC(C(=O)O)CC2)oc1C. The number of amides is 2. The Morgan fingerprint density at radius 2 is 1.90 bits per heavy atom. The standard InChI is InChI=1S/C13H19N3O4/c1-7-8(2)20-13(14-7)16-12(19)15-10-5-3-9(4-6-10)11(17)18/h9-10H,3-6H2,1-2H3,(H,17,18)(H2,14,15,16,19). The molecule has 1 aliphatic rings. The number of carbonyl (C=O) groups is 2. The van der Waals surface area contributed by atoms with Crippen LogP contribution in [-0.2, 0) is 4.79 Å². The minimum atomic E-state index is -0.751. The summed E-state index contributed by atoms with van der Waals surface area (Å²) < 4.78 is 5.26. The van der Waals surface area contributed by atoms with Gasteiger partial charge in [-0.2, -0.15) is 4.98 Å². The highest BCUT2D eigenvalue weighted by Crippen LogP contribution is 2.24. The lowest BCUT2D eigenvalue weighted by Crippen LogP contribution is -2.41. The van der Waals surface area contributed by atoms with Gasteiger partial charge in [-0.25, -0.2) is 4.79 Å². The molecule has 0 aliphatic heterocycles. The molecule has 7 nitrogen and oxygen atoms in total. The van der Waals surface area contributed by atoms with Gasteiger partial charge >= 0.3 is 18.0 Å². The number of anilines is 1. The van der Waals surface area contributed by atoms with Crippen LogP contribution in [0, 0.1) is 19.8 Å². The predicted molar refractivity (Wildman–Crippen MR) is 71.5 cm³/mol. The molecule has 1 aromatic rings. The Bertz CT molecular complexity index is 484. The fourth-order valence-corrected chi connectivity index (χ4v) is 2.33. The van der Waals surface area contributed by atoms with Crippen molar-refractivity contribution in [3.63, 3.8) is 0 Å². The summed E-state index contributed by atoms with van der Waals surface area (Å²) in [6, 6.07) is -0.190. The molecule has 0 spiro atoms. The predicted octanol–water partition coefficient (Wildman–Crippen LogP) is 2.06. The van der Waals surface area contributed by atoms with E-state index in [4.69, 9.17) is 9.52 Å². The number of nitrogens with one attached hydrogen (secondary N) is 2. The second kappa shape index (κ2) is 5.94. The zero-order chi connectivity index (χ0) is 14.7. The molecule has 1 heterocycles. The van der Waals surface area contributed by atoms with Crippen LogP contribution in [0.1, 0.15) is 37.1 Å². The smallest absolute Gasteiger partial charge is 0.323 e. The van der Waals surface area contributed by atoms with Crippen molar-refractivity contribution < 1.29 is 19.1 Å². The first-order valence-corrected chi connectivity index (χ1v) is 6.70. The molecule has 1 aromatic heterocycles. The van der Waals surface area contributed by atoms with E-state index in [1.807, 2.05) is 0 Å². The maximum atomic E-state index is 11.8. The largest absolute Gasteiger partial charge is 0.481 e. The molecule has 1 fully saturated rings. The Kier molecular flexibility index (Phi) is 4.26. The first kappa shape index (κ1) is 14.4. The minimum Gasteiger partial charge on any atom is -0.481 e. The number of hydrogen-bond donors (Lipinski definition) is 3. The number of nitrogens with zero attached hydrogens (tertiary/aromatic N) is 1. The molecule has 0 atom stereocenters. The van der Waals surface area contributed by atoms with Crippen LogP contribution in [0.15, 0.2) is 4.42 Å². The van der Waals surface area contributed by atoms with Crippen LogP contribution in [0.25, 0.3) is 0 Å². The Balaban J connectivity index is 1.79. The average molecular weight is 281 g/mol. The van der Waals surface area contributed by atoms with Crippen LogP contribution in [0.2, 0.25) is 0 Å². The summed E-state index contributed by atoms with van der Waals surface area (Å²) in [5.74, 6) is -0.367. The third kappa shape index (κ3) is 3.49. The van der Waals surface area contributed by atoms with Gasteiger partial charge < -0.3 is 14.8 Å². The molecule has 0 unspecified atom stereocenters. The van der Waals surface area contributed by atoms with E-state index < -0.39 is 5.97 Å². The number of carbonyl (C=O) groups excluding carboxylic acids is 1. The van der Waals surface area contributed by atoms with Crippen molar-refractivity contribution in [1.29, 1.82) is 0 Å². The van der Waals surface area contributed by atoms with Crippen LogP contribution < -0.4 is 10.6 Å². The molecular formula is C13H19N3O4. The van der Waals surface area contributed by atoms with Gasteiger partial charge in [0, 0.05) is 6.04 Å². The number of carboxylic acids is 1. The van der Waals surface area contributed by atoms with Crippen molar-refractivity contribution in [3.05, 3.63) is 11.5 Å². The van der Waals surface area contributed by atoms with E-state index in [1.54, 1.807) is 13.8 Å². The van der Waals surface area contributed by atoms with E-state index in [0.29, 0.717) is 31.4 Å². The third-order valence-electron chi connectivity index (χ3n) is 3.66. The van der Waals surface area contributed by atoms with E-state index in [9.17, 15) is 9.59 Å². The molecule has 0 bridgehead atoms. The lowest BCUT2D eigenvalue weighted by molar-refractivity contribution is -0.142. The fraction of sp³-hybridized carbons (Fsp3) is 0.615. The van der Waals surface area contributed by atoms with Gasteiger partial charge in [-0.05, 0) is 39.5 Å². The van der Waals surface area contributed by atoms with Crippen molar-refractivity contribution >= 4 is 18.0 Å². The quantitative estimate of drug-likeness (QED) is 0.786. The lowest BCUT2D eigenvalue weighted by atomic mass is 9.86. The normalized spacial score (nSPS) is 22.3. The molecule has 110 valence electrons. The molecule has 1 saturated carbocycles. The molecule has 0 saturated heterocycles. The third-order valence-corrected chi connectivity index (χ3v) is 3.66. The van der Waals surface area contributed by atoms with Crippen LogP contribution >= 0.6 is 0 Å².